The Morgan fingerprint density at radius 3 is 2.64 bits per heavy atom. The molecule has 2 aromatic carbocycles. The highest BCUT2D eigenvalue weighted by atomic mass is 35.5. The second-order valence-electron chi connectivity index (χ2n) is 7.16. The van der Waals surface area contributed by atoms with Gasteiger partial charge in [-0.05, 0) is 62.6 Å². The maximum atomic E-state index is 6.53. The molecule has 132 valence electrons. The summed E-state index contributed by atoms with van der Waals surface area (Å²) in [5, 5.41) is 1.44. The number of rotatable bonds is 3. The summed E-state index contributed by atoms with van der Waals surface area (Å²) in [6.45, 7) is 3.45. The van der Waals surface area contributed by atoms with E-state index < -0.39 is 0 Å². The Kier molecular flexibility index (Phi) is 4.95. The van der Waals surface area contributed by atoms with Crippen LogP contribution in [-0.2, 0) is 6.42 Å². The van der Waals surface area contributed by atoms with E-state index in [1.165, 1.54) is 24.8 Å². The summed E-state index contributed by atoms with van der Waals surface area (Å²) >= 11 is 12.8. The van der Waals surface area contributed by atoms with Gasteiger partial charge < -0.3 is 4.74 Å². The van der Waals surface area contributed by atoms with Gasteiger partial charge in [0.05, 0.1) is 6.04 Å². The van der Waals surface area contributed by atoms with E-state index >= 15 is 0 Å². The van der Waals surface area contributed by atoms with Crippen LogP contribution in [0.15, 0.2) is 42.5 Å². The van der Waals surface area contributed by atoms with Gasteiger partial charge in [0.25, 0.3) is 0 Å². The molecule has 0 amide bonds. The molecule has 0 bridgehead atoms. The highest BCUT2D eigenvalue weighted by molar-refractivity contribution is 6.35. The molecule has 0 N–H and O–H groups in total. The zero-order valence-electron chi connectivity index (χ0n) is 14.4. The fraction of sp³-hybridized carbons (Fsp3) is 0.429. The van der Waals surface area contributed by atoms with Gasteiger partial charge >= 0.3 is 0 Å². The smallest absolute Gasteiger partial charge is 0.140 e. The second-order valence-corrected chi connectivity index (χ2v) is 8.00. The van der Waals surface area contributed by atoms with Crippen LogP contribution in [0.1, 0.15) is 43.4 Å². The lowest BCUT2D eigenvalue weighted by Gasteiger charge is -2.40. The van der Waals surface area contributed by atoms with Gasteiger partial charge in [-0.2, -0.15) is 0 Å². The first kappa shape index (κ1) is 17.2. The maximum absolute atomic E-state index is 6.53. The lowest BCUT2D eigenvalue weighted by Crippen LogP contribution is -2.47. The monoisotopic (exact) mass is 375 g/mol. The average Bonchev–Trinajstić information content (AvgIpc) is 2.95. The highest BCUT2D eigenvalue weighted by Gasteiger charge is 2.41. The predicted molar refractivity (Wildman–Crippen MR) is 104 cm³/mol. The van der Waals surface area contributed by atoms with Crippen molar-refractivity contribution in [1.82, 2.24) is 4.90 Å². The number of ether oxygens (including phenoxy) is 1. The van der Waals surface area contributed by atoms with Crippen molar-refractivity contribution in [3.63, 3.8) is 0 Å². The fourth-order valence-electron chi connectivity index (χ4n) is 4.31. The van der Waals surface area contributed by atoms with E-state index in [9.17, 15) is 0 Å². The minimum Gasteiger partial charge on any atom is -0.484 e. The number of piperidine rings is 1. The Morgan fingerprint density at radius 1 is 1.08 bits per heavy atom. The number of para-hydroxylation sites is 1. The average molecular weight is 376 g/mol. The first-order valence-electron chi connectivity index (χ1n) is 9.09. The Bertz CT molecular complexity index is 749. The molecule has 1 aliphatic heterocycles. The topological polar surface area (TPSA) is 12.5 Å². The SMILES string of the molecule is C[C@@H]1CCCCN1[C@H]1Cc2c(Cl)cc(Cl)cc2[C@@H]1Oc1ccccc1. The molecule has 2 nitrogen and oxygen atoms in total. The van der Waals surface area contributed by atoms with Crippen LogP contribution in [0.2, 0.25) is 10.0 Å². The van der Waals surface area contributed by atoms with E-state index in [2.05, 4.69) is 11.8 Å². The minimum absolute atomic E-state index is 0.0332. The largest absolute Gasteiger partial charge is 0.484 e. The van der Waals surface area contributed by atoms with Crippen molar-refractivity contribution < 1.29 is 4.74 Å². The molecule has 0 aromatic heterocycles. The van der Waals surface area contributed by atoms with Crippen molar-refractivity contribution in [1.29, 1.82) is 0 Å². The summed E-state index contributed by atoms with van der Waals surface area (Å²) in [4.78, 5) is 2.61. The summed E-state index contributed by atoms with van der Waals surface area (Å²) in [6.07, 6.45) is 4.71. The van der Waals surface area contributed by atoms with E-state index in [0.717, 1.165) is 29.3 Å². The molecule has 0 unspecified atom stereocenters. The van der Waals surface area contributed by atoms with Crippen LogP contribution >= 0.6 is 23.2 Å². The van der Waals surface area contributed by atoms with Crippen LogP contribution in [0.5, 0.6) is 5.75 Å². The van der Waals surface area contributed by atoms with Crippen LogP contribution in [0.25, 0.3) is 0 Å². The molecule has 4 heteroatoms. The van der Waals surface area contributed by atoms with Crippen LogP contribution in [0.3, 0.4) is 0 Å². The first-order valence-corrected chi connectivity index (χ1v) is 9.84. The van der Waals surface area contributed by atoms with Gasteiger partial charge in [-0.1, -0.05) is 47.8 Å². The summed E-state index contributed by atoms with van der Waals surface area (Å²) in [5.41, 5.74) is 2.33. The molecule has 0 spiro atoms. The summed E-state index contributed by atoms with van der Waals surface area (Å²) < 4.78 is 6.47. The number of hydrogen-bond donors (Lipinski definition) is 0. The van der Waals surface area contributed by atoms with Gasteiger partial charge in [0.2, 0.25) is 0 Å². The number of fused-ring (bicyclic) bond motifs is 1. The van der Waals surface area contributed by atoms with Crippen LogP contribution in [-0.4, -0.2) is 23.5 Å². The van der Waals surface area contributed by atoms with Crippen LogP contribution in [0, 0.1) is 0 Å². The van der Waals surface area contributed by atoms with Crippen molar-refractivity contribution in [3.05, 3.63) is 63.6 Å². The molecule has 4 rings (SSSR count). The lowest BCUT2D eigenvalue weighted by molar-refractivity contribution is 0.0343. The number of hydrogen-bond acceptors (Lipinski definition) is 2. The Labute approximate surface area is 159 Å². The van der Waals surface area contributed by atoms with E-state index in [-0.39, 0.29) is 6.10 Å². The number of halogens is 2. The van der Waals surface area contributed by atoms with Gasteiger partial charge in [-0.15, -0.1) is 0 Å². The third-order valence-electron chi connectivity index (χ3n) is 5.55. The molecule has 2 aromatic rings. The summed E-state index contributed by atoms with van der Waals surface area (Å²) in [7, 11) is 0. The van der Waals surface area contributed by atoms with E-state index in [0.29, 0.717) is 17.1 Å². The van der Waals surface area contributed by atoms with Crippen LogP contribution < -0.4 is 4.74 Å². The molecule has 1 heterocycles. The van der Waals surface area contributed by atoms with Crippen LogP contribution in [0.4, 0.5) is 0 Å². The van der Waals surface area contributed by atoms with Crippen molar-refractivity contribution in [2.75, 3.05) is 6.54 Å². The molecule has 1 saturated heterocycles. The minimum atomic E-state index is -0.0332. The molecule has 25 heavy (non-hydrogen) atoms. The molecule has 1 aliphatic carbocycles. The van der Waals surface area contributed by atoms with Crippen molar-refractivity contribution in [2.45, 2.75) is 50.8 Å². The van der Waals surface area contributed by atoms with Gasteiger partial charge in [0.1, 0.15) is 11.9 Å². The highest BCUT2D eigenvalue weighted by Crippen LogP contribution is 2.43. The van der Waals surface area contributed by atoms with E-state index in [1.54, 1.807) is 0 Å². The van der Waals surface area contributed by atoms with Crippen molar-refractivity contribution in [3.8, 4) is 5.75 Å². The van der Waals surface area contributed by atoms with Crippen molar-refractivity contribution >= 4 is 23.2 Å². The maximum Gasteiger partial charge on any atom is 0.140 e. The molecular weight excluding hydrogens is 353 g/mol. The Morgan fingerprint density at radius 2 is 1.88 bits per heavy atom. The summed E-state index contributed by atoms with van der Waals surface area (Å²) in [5.74, 6) is 0.895. The van der Waals surface area contributed by atoms with E-state index in [4.69, 9.17) is 27.9 Å². The Balaban J connectivity index is 1.71. The number of nitrogens with zero attached hydrogens (tertiary/aromatic N) is 1. The fourth-order valence-corrected chi connectivity index (χ4v) is 4.89. The normalized spacial score (nSPS) is 26.4. The predicted octanol–water partition coefficient (Wildman–Crippen LogP) is 5.91. The first-order chi connectivity index (χ1) is 12.1. The third kappa shape index (κ3) is 3.40. The molecule has 3 atom stereocenters. The standard InChI is InChI=1S/C21H23Cl2NO/c1-14-7-5-6-10-24(14)20-13-17-18(11-15(22)12-19(17)23)21(20)25-16-8-3-2-4-9-16/h2-4,8-9,11-12,14,20-21H,5-7,10,13H2,1H3/t14-,20+,21+/m1/s1. The van der Waals surface area contributed by atoms with Gasteiger partial charge in [-0.3, -0.25) is 4.90 Å². The zero-order chi connectivity index (χ0) is 17.4. The molecule has 0 saturated carbocycles. The van der Waals surface area contributed by atoms with Gasteiger partial charge in [-0.25, -0.2) is 0 Å². The number of benzene rings is 2. The Hall–Kier alpha value is -1.22. The van der Waals surface area contributed by atoms with Crippen molar-refractivity contribution in [2.24, 2.45) is 0 Å². The molecule has 2 aliphatic rings. The molecule has 0 radical (unpaired) electrons. The molecule has 1 fully saturated rings. The van der Waals surface area contributed by atoms with E-state index in [1.807, 2.05) is 42.5 Å². The zero-order valence-corrected chi connectivity index (χ0v) is 15.9. The van der Waals surface area contributed by atoms with Gasteiger partial charge in [0, 0.05) is 21.7 Å². The lowest BCUT2D eigenvalue weighted by atomic mass is 9.99. The number of likely N-dealkylation sites (tertiary alicyclic amines) is 1. The summed E-state index contributed by atoms with van der Waals surface area (Å²) in [6, 6.07) is 14.8. The van der Waals surface area contributed by atoms with Gasteiger partial charge in [0.15, 0.2) is 0 Å². The third-order valence-corrected chi connectivity index (χ3v) is 6.11. The molecular formula is C21H23Cl2NO. The quantitative estimate of drug-likeness (QED) is 0.660. The second kappa shape index (κ2) is 7.19.